The van der Waals surface area contributed by atoms with Gasteiger partial charge in [0.25, 0.3) is 0 Å². The number of fused-ring (bicyclic) bond motifs is 1. The van der Waals surface area contributed by atoms with Gasteiger partial charge in [0.15, 0.2) is 0 Å². The van der Waals surface area contributed by atoms with Crippen LogP contribution in [0, 0.1) is 0 Å². The van der Waals surface area contributed by atoms with Crippen molar-refractivity contribution in [1.29, 1.82) is 0 Å². The molecule has 3 heteroatoms. The van der Waals surface area contributed by atoms with E-state index in [-0.39, 0.29) is 5.41 Å². The molecule has 2 N–H and O–H groups in total. The van der Waals surface area contributed by atoms with Gasteiger partial charge in [0.2, 0.25) is 0 Å². The molecule has 0 spiro atoms. The summed E-state index contributed by atoms with van der Waals surface area (Å²) in [6, 6.07) is 4.11. The minimum atomic E-state index is 0.141. The lowest BCUT2D eigenvalue weighted by atomic mass is 9.92. The van der Waals surface area contributed by atoms with E-state index in [9.17, 15) is 0 Å². The van der Waals surface area contributed by atoms with Gasteiger partial charge in [-0.05, 0) is 12.1 Å². The van der Waals surface area contributed by atoms with Crippen LogP contribution in [0.15, 0.2) is 18.3 Å². The molecule has 0 saturated carbocycles. The number of pyridine rings is 1. The number of nitrogen functional groups attached to an aromatic ring is 1. The van der Waals surface area contributed by atoms with E-state index in [4.69, 9.17) is 5.73 Å². The van der Waals surface area contributed by atoms with Gasteiger partial charge in [-0.25, -0.2) is 4.98 Å². The molecule has 0 aliphatic carbocycles. The molecule has 0 aliphatic rings. The minimum absolute atomic E-state index is 0.141. The fourth-order valence-corrected chi connectivity index (χ4v) is 1.97. The molecule has 0 aromatic carbocycles. The monoisotopic (exact) mass is 203 g/mol. The number of nitrogens with two attached hydrogens (primary N) is 1. The minimum Gasteiger partial charge on any atom is -0.384 e. The summed E-state index contributed by atoms with van der Waals surface area (Å²) in [6.07, 6.45) is 1.83. The number of hydrogen-bond donors (Lipinski definition) is 1. The summed E-state index contributed by atoms with van der Waals surface area (Å²) in [6.45, 7) is 6.62. The predicted octanol–water partition coefficient (Wildman–Crippen LogP) is 2.45. The zero-order valence-electron chi connectivity index (χ0n) is 9.70. The highest BCUT2D eigenvalue weighted by molar-refractivity contribution is 5.82. The Labute approximate surface area is 89.9 Å². The van der Waals surface area contributed by atoms with Crippen molar-refractivity contribution in [3.63, 3.8) is 0 Å². The van der Waals surface area contributed by atoms with Gasteiger partial charge in [-0.15, -0.1) is 0 Å². The molecule has 0 fully saturated rings. The molecular weight excluding hydrogens is 186 g/mol. The first-order valence-electron chi connectivity index (χ1n) is 5.11. The van der Waals surface area contributed by atoms with E-state index < -0.39 is 0 Å². The van der Waals surface area contributed by atoms with E-state index in [0.29, 0.717) is 5.82 Å². The van der Waals surface area contributed by atoms with Crippen molar-refractivity contribution in [3.8, 4) is 0 Å². The van der Waals surface area contributed by atoms with Crippen LogP contribution < -0.4 is 5.73 Å². The Morgan fingerprint density at radius 2 is 1.93 bits per heavy atom. The lowest BCUT2D eigenvalue weighted by Gasteiger charge is -2.19. The van der Waals surface area contributed by atoms with Gasteiger partial charge in [0, 0.05) is 23.5 Å². The molecule has 2 rings (SSSR count). The number of aryl methyl sites for hydroxylation is 1. The van der Waals surface area contributed by atoms with E-state index in [1.165, 1.54) is 5.69 Å². The summed E-state index contributed by atoms with van der Waals surface area (Å²) in [5, 5.41) is 1.16. The molecule has 0 aliphatic heterocycles. The van der Waals surface area contributed by atoms with Crippen molar-refractivity contribution >= 4 is 16.7 Å². The molecule has 0 saturated heterocycles. The highest BCUT2D eigenvalue weighted by Gasteiger charge is 2.19. The number of aromatic nitrogens is 2. The van der Waals surface area contributed by atoms with E-state index >= 15 is 0 Å². The lowest BCUT2D eigenvalue weighted by molar-refractivity contribution is 0.547. The first-order chi connectivity index (χ1) is 6.89. The van der Waals surface area contributed by atoms with Crippen LogP contribution in [0.5, 0.6) is 0 Å². The molecule has 2 aromatic heterocycles. The lowest BCUT2D eigenvalue weighted by Crippen LogP contribution is -2.15. The second kappa shape index (κ2) is 2.99. The average Bonchev–Trinajstić information content (AvgIpc) is 2.42. The van der Waals surface area contributed by atoms with Crippen LogP contribution >= 0.6 is 0 Å². The highest BCUT2D eigenvalue weighted by atomic mass is 15.0. The summed E-state index contributed by atoms with van der Waals surface area (Å²) in [5.74, 6) is 0.577. The molecule has 2 heterocycles. The van der Waals surface area contributed by atoms with Crippen LogP contribution in [0.2, 0.25) is 0 Å². The largest absolute Gasteiger partial charge is 0.384 e. The van der Waals surface area contributed by atoms with E-state index in [2.05, 4.69) is 43.4 Å². The van der Waals surface area contributed by atoms with E-state index in [1.54, 1.807) is 0 Å². The fourth-order valence-electron chi connectivity index (χ4n) is 1.97. The number of anilines is 1. The van der Waals surface area contributed by atoms with Gasteiger partial charge in [0.05, 0.1) is 11.7 Å². The van der Waals surface area contributed by atoms with Crippen LogP contribution in [0.3, 0.4) is 0 Å². The molecule has 0 atom stereocenters. The van der Waals surface area contributed by atoms with Gasteiger partial charge >= 0.3 is 0 Å². The summed E-state index contributed by atoms with van der Waals surface area (Å²) >= 11 is 0. The maximum atomic E-state index is 5.67. The Balaban J connectivity index is 2.75. The quantitative estimate of drug-likeness (QED) is 0.714. The molecule has 0 radical (unpaired) electrons. The second-order valence-electron chi connectivity index (χ2n) is 5.01. The van der Waals surface area contributed by atoms with Gasteiger partial charge < -0.3 is 10.3 Å². The standard InChI is InChI=1S/C12H17N3/c1-12(2,3)10-5-8-6-11(13)14-7-9(8)15(10)4/h5-7H,1-4H3,(H2,13,14). The SMILES string of the molecule is Cn1c(C(C)(C)C)cc2cc(N)ncc21. The third kappa shape index (κ3) is 1.58. The summed E-state index contributed by atoms with van der Waals surface area (Å²) in [5.41, 5.74) is 8.24. The molecule has 80 valence electrons. The van der Waals surface area contributed by atoms with Crippen LogP contribution in [0.4, 0.5) is 5.82 Å². The van der Waals surface area contributed by atoms with Crippen molar-refractivity contribution < 1.29 is 0 Å². The van der Waals surface area contributed by atoms with Crippen LogP contribution in [0.1, 0.15) is 26.5 Å². The highest BCUT2D eigenvalue weighted by Crippen LogP contribution is 2.28. The molecule has 2 aromatic rings. The van der Waals surface area contributed by atoms with Crippen molar-refractivity contribution in [1.82, 2.24) is 9.55 Å². The number of hydrogen-bond acceptors (Lipinski definition) is 2. The number of rotatable bonds is 0. The topological polar surface area (TPSA) is 43.8 Å². The average molecular weight is 203 g/mol. The Bertz CT molecular complexity index is 503. The van der Waals surface area contributed by atoms with Crippen LogP contribution in [-0.2, 0) is 12.5 Å². The maximum absolute atomic E-state index is 5.67. The fraction of sp³-hybridized carbons (Fsp3) is 0.417. The Kier molecular flexibility index (Phi) is 2.00. The van der Waals surface area contributed by atoms with Crippen molar-refractivity contribution in [2.45, 2.75) is 26.2 Å². The zero-order chi connectivity index (χ0) is 11.2. The molecule has 3 nitrogen and oxygen atoms in total. The first-order valence-corrected chi connectivity index (χ1v) is 5.11. The third-order valence-electron chi connectivity index (χ3n) is 2.72. The van der Waals surface area contributed by atoms with Crippen molar-refractivity contribution in [2.24, 2.45) is 7.05 Å². The van der Waals surface area contributed by atoms with Crippen molar-refractivity contribution in [3.05, 3.63) is 24.0 Å². The molecule has 0 unspecified atom stereocenters. The third-order valence-corrected chi connectivity index (χ3v) is 2.72. The van der Waals surface area contributed by atoms with E-state index in [1.807, 2.05) is 12.3 Å². The second-order valence-corrected chi connectivity index (χ2v) is 5.01. The Morgan fingerprint density at radius 3 is 2.53 bits per heavy atom. The van der Waals surface area contributed by atoms with Crippen LogP contribution in [-0.4, -0.2) is 9.55 Å². The van der Waals surface area contributed by atoms with E-state index in [0.717, 1.165) is 10.9 Å². The summed E-state index contributed by atoms with van der Waals surface area (Å²) < 4.78 is 2.18. The smallest absolute Gasteiger partial charge is 0.124 e. The Morgan fingerprint density at radius 1 is 1.27 bits per heavy atom. The predicted molar refractivity (Wildman–Crippen MR) is 63.8 cm³/mol. The maximum Gasteiger partial charge on any atom is 0.124 e. The summed E-state index contributed by atoms with van der Waals surface area (Å²) in [4.78, 5) is 4.12. The van der Waals surface area contributed by atoms with Gasteiger partial charge in [-0.2, -0.15) is 0 Å². The normalized spacial score (nSPS) is 12.3. The van der Waals surface area contributed by atoms with Crippen molar-refractivity contribution in [2.75, 3.05) is 5.73 Å². The van der Waals surface area contributed by atoms with Gasteiger partial charge in [-0.1, -0.05) is 20.8 Å². The zero-order valence-corrected chi connectivity index (χ0v) is 9.70. The molecule has 0 bridgehead atoms. The molecule has 15 heavy (non-hydrogen) atoms. The summed E-state index contributed by atoms with van der Waals surface area (Å²) in [7, 11) is 2.07. The van der Waals surface area contributed by atoms with Crippen LogP contribution in [0.25, 0.3) is 10.9 Å². The van der Waals surface area contributed by atoms with Gasteiger partial charge in [0.1, 0.15) is 5.82 Å². The van der Waals surface area contributed by atoms with Gasteiger partial charge in [-0.3, -0.25) is 0 Å². The Hall–Kier alpha value is -1.51. The molecule has 0 amide bonds. The first kappa shape index (κ1) is 10.0. The molecular formula is C12H17N3. The number of nitrogens with zero attached hydrogens (tertiary/aromatic N) is 2.